The molecular weight excluding hydrogens is 330 g/mol. The monoisotopic (exact) mass is 353 g/mol. The number of amides is 1. The molecule has 1 atom stereocenters. The average molecular weight is 353 g/mol. The van der Waals surface area contributed by atoms with Gasteiger partial charge in [0.15, 0.2) is 6.10 Å². The van der Waals surface area contributed by atoms with Gasteiger partial charge in [-0.2, -0.15) is 0 Å². The largest absolute Gasteiger partial charge is 0.481 e. The molecule has 0 fully saturated rings. The zero-order valence-corrected chi connectivity index (χ0v) is 15.1. The summed E-state index contributed by atoms with van der Waals surface area (Å²) in [4.78, 5) is 26.2. The summed E-state index contributed by atoms with van der Waals surface area (Å²) in [6.45, 7) is 5.17. The first-order valence-corrected chi connectivity index (χ1v) is 8.88. The van der Waals surface area contributed by atoms with Gasteiger partial charge in [-0.05, 0) is 55.7 Å². The van der Waals surface area contributed by atoms with E-state index in [0.29, 0.717) is 31.0 Å². The number of ether oxygens (including phenoxy) is 2. The molecule has 1 heterocycles. The van der Waals surface area contributed by atoms with Crippen molar-refractivity contribution in [2.24, 2.45) is 0 Å². The maximum atomic E-state index is 12.7. The Hall–Kier alpha value is -2.82. The molecule has 0 radical (unpaired) electrons. The van der Waals surface area contributed by atoms with Gasteiger partial charge in [-0.25, -0.2) is 4.79 Å². The van der Waals surface area contributed by atoms with Crippen molar-refractivity contribution in [1.82, 2.24) is 4.90 Å². The molecule has 3 rings (SSSR count). The molecule has 136 valence electrons. The minimum absolute atomic E-state index is 0.0334. The Labute approximate surface area is 153 Å². The third-order valence-electron chi connectivity index (χ3n) is 4.47. The molecule has 1 amide bonds. The SMILES string of the molecule is CCOC(=O)c1ccc(O[C@H](C)C(=O)N2CCc3ccccc3C2)cc1. The maximum absolute atomic E-state index is 12.7. The minimum atomic E-state index is -0.589. The fourth-order valence-corrected chi connectivity index (χ4v) is 3.08. The van der Waals surface area contributed by atoms with Crippen molar-refractivity contribution in [2.45, 2.75) is 32.9 Å². The third-order valence-corrected chi connectivity index (χ3v) is 4.47. The van der Waals surface area contributed by atoms with E-state index in [2.05, 4.69) is 12.1 Å². The van der Waals surface area contributed by atoms with E-state index in [0.717, 1.165) is 6.42 Å². The summed E-state index contributed by atoms with van der Waals surface area (Å²) in [5.74, 6) is 0.153. The zero-order chi connectivity index (χ0) is 18.5. The van der Waals surface area contributed by atoms with Crippen LogP contribution in [0.25, 0.3) is 0 Å². The quantitative estimate of drug-likeness (QED) is 0.775. The van der Waals surface area contributed by atoms with Crippen LogP contribution < -0.4 is 4.74 Å². The summed E-state index contributed by atoms with van der Waals surface area (Å²) in [7, 11) is 0. The van der Waals surface area contributed by atoms with E-state index in [1.165, 1.54) is 11.1 Å². The summed E-state index contributed by atoms with van der Waals surface area (Å²) in [6, 6.07) is 14.9. The Bertz CT molecular complexity index is 785. The second-order valence-electron chi connectivity index (χ2n) is 6.28. The van der Waals surface area contributed by atoms with Crippen molar-refractivity contribution in [3.8, 4) is 5.75 Å². The fraction of sp³-hybridized carbons (Fsp3) is 0.333. The van der Waals surface area contributed by atoms with E-state index in [-0.39, 0.29) is 11.9 Å². The second kappa shape index (κ2) is 8.04. The summed E-state index contributed by atoms with van der Waals surface area (Å²) in [5, 5.41) is 0. The van der Waals surface area contributed by atoms with E-state index in [1.54, 1.807) is 38.1 Å². The number of benzene rings is 2. The number of nitrogens with zero attached hydrogens (tertiary/aromatic N) is 1. The van der Waals surface area contributed by atoms with Gasteiger partial charge in [0, 0.05) is 13.1 Å². The smallest absolute Gasteiger partial charge is 0.338 e. The Balaban J connectivity index is 1.60. The Morgan fingerprint density at radius 3 is 2.46 bits per heavy atom. The van der Waals surface area contributed by atoms with Crippen molar-refractivity contribution < 1.29 is 19.1 Å². The molecule has 2 aromatic rings. The summed E-state index contributed by atoms with van der Waals surface area (Å²) >= 11 is 0. The van der Waals surface area contributed by atoms with Crippen LogP contribution in [0.5, 0.6) is 5.75 Å². The van der Waals surface area contributed by atoms with Gasteiger partial charge < -0.3 is 14.4 Å². The van der Waals surface area contributed by atoms with Gasteiger partial charge in [-0.15, -0.1) is 0 Å². The van der Waals surface area contributed by atoms with Crippen LogP contribution >= 0.6 is 0 Å². The van der Waals surface area contributed by atoms with Crippen molar-refractivity contribution in [3.05, 3.63) is 65.2 Å². The normalized spacial score (nSPS) is 14.3. The number of hydrogen-bond donors (Lipinski definition) is 0. The molecule has 1 aliphatic rings. The van der Waals surface area contributed by atoms with Gasteiger partial charge in [0.25, 0.3) is 5.91 Å². The highest BCUT2D eigenvalue weighted by Gasteiger charge is 2.25. The van der Waals surface area contributed by atoms with Gasteiger partial charge in [-0.3, -0.25) is 4.79 Å². The first kappa shape index (κ1) is 18.0. The van der Waals surface area contributed by atoms with Gasteiger partial charge >= 0.3 is 5.97 Å². The number of rotatable bonds is 5. The van der Waals surface area contributed by atoms with Crippen LogP contribution in [0.1, 0.15) is 35.3 Å². The van der Waals surface area contributed by atoms with Gasteiger partial charge in [0.2, 0.25) is 0 Å². The first-order valence-electron chi connectivity index (χ1n) is 8.88. The van der Waals surface area contributed by atoms with Crippen LogP contribution in [0.4, 0.5) is 0 Å². The Kier molecular flexibility index (Phi) is 5.56. The molecule has 0 N–H and O–H groups in total. The average Bonchev–Trinajstić information content (AvgIpc) is 2.67. The van der Waals surface area contributed by atoms with Crippen molar-refractivity contribution in [2.75, 3.05) is 13.2 Å². The molecule has 0 saturated heterocycles. The van der Waals surface area contributed by atoms with Crippen LogP contribution in [0.3, 0.4) is 0 Å². The topological polar surface area (TPSA) is 55.8 Å². The number of fused-ring (bicyclic) bond motifs is 1. The highest BCUT2D eigenvalue weighted by Crippen LogP contribution is 2.21. The van der Waals surface area contributed by atoms with Crippen molar-refractivity contribution in [3.63, 3.8) is 0 Å². The molecule has 1 aliphatic heterocycles. The van der Waals surface area contributed by atoms with Crippen molar-refractivity contribution in [1.29, 1.82) is 0 Å². The molecule has 0 aromatic heterocycles. The van der Waals surface area contributed by atoms with E-state index in [1.807, 2.05) is 17.0 Å². The number of carbonyl (C=O) groups is 2. The van der Waals surface area contributed by atoms with Crippen LogP contribution in [0.15, 0.2) is 48.5 Å². The van der Waals surface area contributed by atoms with E-state index < -0.39 is 6.10 Å². The summed E-state index contributed by atoms with van der Waals surface area (Å²) in [6.07, 6.45) is 0.275. The highest BCUT2D eigenvalue weighted by atomic mass is 16.5. The first-order chi connectivity index (χ1) is 12.6. The van der Waals surface area contributed by atoms with Gasteiger partial charge in [0.1, 0.15) is 5.75 Å². The molecule has 2 aromatic carbocycles. The summed E-state index contributed by atoms with van der Waals surface area (Å²) in [5.41, 5.74) is 2.96. The standard InChI is InChI=1S/C21H23NO4/c1-3-25-21(24)17-8-10-19(11-9-17)26-15(2)20(23)22-13-12-16-6-4-5-7-18(16)14-22/h4-11,15H,3,12-14H2,1-2H3/t15-/m1/s1. The van der Waals surface area contributed by atoms with E-state index >= 15 is 0 Å². The second-order valence-corrected chi connectivity index (χ2v) is 6.28. The lowest BCUT2D eigenvalue weighted by atomic mass is 9.99. The lowest BCUT2D eigenvalue weighted by molar-refractivity contribution is -0.138. The van der Waals surface area contributed by atoms with Gasteiger partial charge in [0.05, 0.1) is 12.2 Å². The number of esters is 1. The molecule has 0 spiro atoms. The lowest BCUT2D eigenvalue weighted by Crippen LogP contribution is -2.43. The molecule has 26 heavy (non-hydrogen) atoms. The number of carbonyl (C=O) groups excluding carboxylic acids is 2. The molecule has 0 bridgehead atoms. The molecular formula is C21H23NO4. The summed E-state index contributed by atoms with van der Waals surface area (Å²) < 4.78 is 10.7. The van der Waals surface area contributed by atoms with Crippen molar-refractivity contribution >= 4 is 11.9 Å². The maximum Gasteiger partial charge on any atom is 0.338 e. The molecule has 0 unspecified atom stereocenters. The predicted molar refractivity (Wildman–Crippen MR) is 98.1 cm³/mol. The molecule has 5 heteroatoms. The van der Waals surface area contributed by atoms with Crippen LogP contribution in [0, 0.1) is 0 Å². The Morgan fingerprint density at radius 1 is 1.08 bits per heavy atom. The third kappa shape index (κ3) is 4.04. The van der Waals surface area contributed by atoms with E-state index in [4.69, 9.17) is 9.47 Å². The zero-order valence-electron chi connectivity index (χ0n) is 15.1. The molecule has 5 nitrogen and oxygen atoms in total. The molecule has 0 aliphatic carbocycles. The highest BCUT2D eigenvalue weighted by molar-refractivity contribution is 5.89. The van der Waals surface area contributed by atoms with Gasteiger partial charge in [-0.1, -0.05) is 24.3 Å². The van der Waals surface area contributed by atoms with Crippen LogP contribution in [-0.4, -0.2) is 36.0 Å². The minimum Gasteiger partial charge on any atom is -0.481 e. The lowest BCUT2D eigenvalue weighted by Gasteiger charge is -2.31. The Morgan fingerprint density at radius 2 is 1.77 bits per heavy atom. The van der Waals surface area contributed by atoms with E-state index in [9.17, 15) is 9.59 Å². The van der Waals surface area contributed by atoms with Crippen LogP contribution in [0.2, 0.25) is 0 Å². The fourth-order valence-electron chi connectivity index (χ4n) is 3.08. The molecule has 0 saturated carbocycles. The predicted octanol–water partition coefficient (Wildman–Crippen LogP) is 3.22. The van der Waals surface area contributed by atoms with Crippen LogP contribution in [-0.2, 0) is 22.5 Å². The number of hydrogen-bond acceptors (Lipinski definition) is 4.